The Bertz CT molecular complexity index is 1330. The average molecular weight is 899 g/mol. The van der Waals surface area contributed by atoms with E-state index in [1.54, 1.807) is 12.2 Å². The Balaban J connectivity index is 2.45. The summed E-state index contributed by atoms with van der Waals surface area (Å²) in [4.78, 5) is 25.3. The fourth-order valence-corrected chi connectivity index (χ4v) is 7.89. The first-order chi connectivity index (χ1) is 30.0. The number of allylic oxidation sites excluding steroid dienone is 7. The molecule has 1 heterocycles. The number of hydrogen-bond acceptors (Lipinski definition) is 11. The lowest BCUT2D eigenvalue weighted by Crippen LogP contribution is -2.60. The zero-order valence-corrected chi connectivity index (χ0v) is 39.3. The Morgan fingerprint density at radius 3 is 1.63 bits per heavy atom. The Morgan fingerprint density at radius 2 is 1.08 bits per heavy atom. The molecular weight excluding hydrogens is 813 g/mol. The summed E-state index contributed by atoms with van der Waals surface area (Å²) in [6.45, 7) is 3.64. The van der Waals surface area contributed by atoms with Crippen molar-refractivity contribution in [1.29, 1.82) is 0 Å². The molecule has 0 saturated carbocycles. The van der Waals surface area contributed by atoms with Gasteiger partial charge in [0.2, 0.25) is 0 Å². The van der Waals surface area contributed by atoms with Crippen molar-refractivity contribution in [2.75, 3.05) is 19.0 Å². The number of rotatable bonds is 40. The minimum atomic E-state index is -4.61. The van der Waals surface area contributed by atoms with Crippen LogP contribution in [0.5, 0.6) is 0 Å². The van der Waals surface area contributed by atoms with E-state index in [0.717, 1.165) is 51.4 Å². The highest BCUT2D eigenvalue weighted by molar-refractivity contribution is 7.85. The van der Waals surface area contributed by atoms with Crippen molar-refractivity contribution in [3.8, 4) is 0 Å². The smallest absolute Gasteiger partial charge is 0.331 e. The molecule has 1 saturated heterocycles. The van der Waals surface area contributed by atoms with Crippen molar-refractivity contribution in [2.24, 2.45) is 0 Å². The van der Waals surface area contributed by atoms with Gasteiger partial charge in [0.25, 0.3) is 10.1 Å². The van der Waals surface area contributed by atoms with E-state index in [9.17, 15) is 37.9 Å². The minimum absolute atomic E-state index is 0.194. The van der Waals surface area contributed by atoms with Gasteiger partial charge in [-0.3, -0.25) is 9.35 Å². The minimum Gasteiger partial charge on any atom is -0.462 e. The number of aliphatic hydroxyl groups is 3. The van der Waals surface area contributed by atoms with Crippen molar-refractivity contribution in [3.05, 3.63) is 48.6 Å². The van der Waals surface area contributed by atoms with Gasteiger partial charge in [-0.05, 0) is 51.4 Å². The van der Waals surface area contributed by atoms with Gasteiger partial charge >= 0.3 is 11.9 Å². The standard InChI is InChI=1S/C49H86O12S/c1-3-5-7-9-11-13-15-17-19-20-21-22-24-25-27-29-31-33-35-37-44(50)58-39-42(40-59-49-48(54)47(53)46(52)43(61-49)41-62(55,56)57)60-45(51)38-36-34-32-30-28-26-23-18-16-14-12-10-8-6-4-2/h11,13,17,19,32,34,36,38,42-43,46-49,52-54H,3-10,12,14-16,18,20-31,33,35,37,39-41H2,1-2H3,(H,55,56,57)/b13-11+,19-17+,34-32+,38-36+/t42-,43-,46-,47?,48?,49+/m1/s1. The van der Waals surface area contributed by atoms with E-state index in [1.807, 2.05) is 6.08 Å². The van der Waals surface area contributed by atoms with E-state index in [2.05, 4.69) is 38.2 Å². The van der Waals surface area contributed by atoms with Gasteiger partial charge in [0.15, 0.2) is 12.4 Å². The van der Waals surface area contributed by atoms with Crippen molar-refractivity contribution in [3.63, 3.8) is 0 Å². The topological polar surface area (TPSA) is 186 Å². The zero-order chi connectivity index (χ0) is 45.5. The Labute approximate surface area is 375 Å². The summed E-state index contributed by atoms with van der Waals surface area (Å²) in [7, 11) is -4.61. The maximum Gasteiger partial charge on any atom is 0.331 e. The van der Waals surface area contributed by atoms with Crippen LogP contribution in [0.2, 0.25) is 0 Å². The Morgan fingerprint density at radius 1 is 0.597 bits per heavy atom. The largest absolute Gasteiger partial charge is 0.462 e. The second kappa shape index (κ2) is 39.0. The summed E-state index contributed by atoms with van der Waals surface area (Å²) in [5.74, 6) is -2.25. The van der Waals surface area contributed by atoms with Crippen LogP contribution in [0.3, 0.4) is 0 Å². The molecule has 0 aromatic carbocycles. The summed E-state index contributed by atoms with van der Waals surface area (Å²) >= 11 is 0. The van der Waals surface area contributed by atoms with E-state index >= 15 is 0 Å². The van der Waals surface area contributed by atoms with Crippen molar-refractivity contribution < 1.29 is 56.8 Å². The van der Waals surface area contributed by atoms with Crippen LogP contribution in [0.4, 0.5) is 0 Å². The highest BCUT2D eigenvalue weighted by atomic mass is 32.2. The maximum absolute atomic E-state index is 12.7. The van der Waals surface area contributed by atoms with E-state index in [0.29, 0.717) is 6.42 Å². The summed E-state index contributed by atoms with van der Waals surface area (Å²) in [5.41, 5.74) is 0. The summed E-state index contributed by atoms with van der Waals surface area (Å²) in [6, 6.07) is 0. The molecule has 0 aromatic heterocycles. The molecule has 2 unspecified atom stereocenters. The molecule has 62 heavy (non-hydrogen) atoms. The molecule has 4 N–H and O–H groups in total. The monoisotopic (exact) mass is 899 g/mol. The lowest BCUT2D eigenvalue weighted by molar-refractivity contribution is -0.297. The first-order valence-electron chi connectivity index (χ1n) is 24.2. The second-order valence-corrected chi connectivity index (χ2v) is 18.3. The molecule has 1 aliphatic heterocycles. The van der Waals surface area contributed by atoms with Crippen LogP contribution in [-0.2, 0) is 38.7 Å². The van der Waals surface area contributed by atoms with Gasteiger partial charge in [0.05, 0.1) is 6.61 Å². The zero-order valence-electron chi connectivity index (χ0n) is 38.5. The molecule has 1 rings (SSSR count). The number of carbonyl (C=O) groups is 2. The predicted octanol–water partition coefficient (Wildman–Crippen LogP) is 10.3. The van der Waals surface area contributed by atoms with Crippen LogP contribution >= 0.6 is 0 Å². The second-order valence-electron chi connectivity index (χ2n) is 16.8. The van der Waals surface area contributed by atoms with Crippen LogP contribution in [0, 0.1) is 0 Å². The molecule has 12 nitrogen and oxygen atoms in total. The average Bonchev–Trinajstić information content (AvgIpc) is 3.24. The normalized spacial score (nSPS) is 20.3. The van der Waals surface area contributed by atoms with Crippen LogP contribution in [-0.4, -0.2) is 96.0 Å². The van der Waals surface area contributed by atoms with Gasteiger partial charge in [-0.15, -0.1) is 0 Å². The predicted molar refractivity (Wildman–Crippen MR) is 247 cm³/mol. The molecule has 1 aliphatic rings. The maximum atomic E-state index is 12.7. The molecule has 13 heteroatoms. The molecular formula is C49H86O12S. The van der Waals surface area contributed by atoms with Gasteiger partial charge in [-0.25, -0.2) is 4.79 Å². The highest BCUT2D eigenvalue weighted by Crippen LogP contribution is 2.24. The first-order valence-corrected chi connectivity index (χ1v) is 25.8. The Kier molecular flexibility index (Phi) is 36.3. The highest BCUT2D eigenvalue weighted by Gasteiger charge is 2.46. The van der Waals surface area contributed by atoms with Gasteiger partial charge in [-0.2, -0.15) is 8.42 Å². The van der Waals surface area contributed by atoms with Gasteiger partial charge in [-0.1, -0.05) is 178 Å². The van der Waals surface area contributed by atoms with Crippen LogP contribution in [0.15, 0.2) is 48.6 Å². The third-order valence-corrected chi connectivity index (χ3v) is 11.7. The van der Waals surface area contributed by atoms with Crippen LogP contribution in [0.25, 0.3) is 0 Å². The van der Waals surface area contributed by atoms with E-state index in [1.165, 1.54) is 122 Å². The number of carbonyl (C=O) groups excluding carboxylic acids is 2. The van der Waals surface area contributed by atoms with Crippen molar-refractivity contribution >= 4 is 22.1 Å². The molecule has 6 atom stereocenters. The SMILES string of the molecule is CCCCC/C=C/C/C=C/CCCCCCCCCCCC(=O)OC[C@H](CO[C@H]1O[C@H](CS(=O)(=O)O)[C@@H](O)C(O)C1O)OC(=O)/C=C/C=C/CCCCCCCCCCCCC. The third-order valence-electron chi connectivity index (χ3n) is 11.0. The number of hydrogen-bond donors (Lipinski definition) is 4. The van der Waals surface area contributed by atoms with Crippen molar-refractivity contribution in [2.45, 2.75) is 230 Å². The lowest BCUT2D eigenvalue weighted by atomic mass is 10.00. The van der Waals surface area contributed by atoms with E-state index in [-0.39, 0.29) is 13.0 Å². The molecule has 0 spiro atoms. The third kappa shape index (κ3) is 33.2. The summed E-state index contributed by atoms with van der Waals surface area (Å²) in [6.07, 6.45) is 37.8. The van der Waals surface area contributed by atoms with Gasteiger partial charge in [0, 0.05) is 12.5 Å². The molecule has 0 bridgehead atoms. The number of ether oxygens (including phenoxy) is 4. The van der Waals surface area contributed by atoms with E-state index < -0.39 is 71.2 Å². The molecule has 1 fully saturated rings. The van der Waals surface area contributed by atoms with E-state index in [4.69, 9.17) is 18.9 Å². The number of aliphatic hydroxyl groups excluding tert-OH is 3. The quantitative estimate of drug-likeness (QED) is 0.0114. The molecule has 0 aromatic rings. The first kappa shape index (κ1) is 57.6. The lowest BCUT2D eigenvalue weighted by Gasteiger charge is -2.40. The summed E-state index contributed by atoms with van der Waals surface area (Å²) in [5, 5.41) is 30.9. The fourth-order valence-electron chi connectivity index (χ4n) is 7.20. The molecule has 360 valence electrons. The van der Waals surface area contributed by atoms with Gasteiger partial charge in [0.1, 0.15) is 36.8 Å². The van der Waals surface area contributed by atoms with Gasteiger partial charge < -0.3 is 34.3 Å². The number of esters is 2. The number of unbranched alkanes of at least 4 members (excludes halogenated alkanes) is 23. The van der Waals surface area contributed by atoms with Crippen LogP contribution < -0.4 is 0 Å². The molecule has 0 amide bonds. The Hall–Kier alpha value is -2.39. The molecule has 0 radical (unpaired) electrons. The van der Waals surface area contributed by atoms with Crippen molar-refractivity contribution in [1.82, 2.24) is 0 Å². The molecule has 0 aliphatic carbocycles. The van der Waals surface area contributed by atoms with Crippen LogP contribution in [0.1, 0.15) is 194 Å². The summed E-state index contributed by atoms with van der Waals surface area (Å²) < 4.78 is 53.9. The fraction of sp³-hybridized carbons (Fsp3) is 0.796.